The van der Waals surface area contributed by atoms with E-state index >= 15 is 0 Å². The zero-order chi connectivity index (χ0) is 17.0. The third-order valence-electron chi connectivity index (χ3n) is 2.79. The lowest BCUT2D eigenvalue weighted by molar-refractivity contribution is -0.113. The SMILES string of the molecule is Cc1cc(Br)c(NC(=O)CSc2ncccc2C(=O)O)c(Br)c1. The molecule has 23 heavy (non-hydrogen) atoms. The highest BCUT2D eigenvalue weighted by molar-refractivity contribution is 9.11. The van der Waals surface area contributed by atoms with E-state index in [0.717, 1.165) is 26.3 Å². The number of aromatic nitrogens is 1. The summed E-state index contributed by atoms with van der Waals surface area (Å²) in [5.41, 5.74) is 1.78. The minimum Gasteiger partial charge on any atom is -0.478 e. The van der Waals surface area contributed by atoms with Gasteiger partial charge in [-0.05, 0) is 68.6 Å². The summed E-state index contributed by atoms with van der Waals surface area (Å²) in [4.78, 5) is 27.2. The van der Waals surface area contributed by atoms with Crippen molar-refractivity contribution < 1.29 is 14.7 Å². The van der Waals surface area contributed by atoms with Crippen molar-refractivity contribution in [2.24, 2.45) is 0 Å². The van der Waals surface area contributed by atoms with Gasteiger partial charge in [0.1, 0.15) is 5.03 Å². The second-order valence-electron chi connectivity index (χ2n) is 4.60. The highest BCUT2D eigenvalue weighted by Crippen LogP contribution is 2.32. The second kappa shape index (κ2) is 7.94. The van der Waals surface area contributed by atoms with Crippen LogP contribution in [0.5, 0.6) is 0 Å². The van der Waals surface area contributed by atoms with Crippen LogP contribution < -0.4 is 5.32 Å². The number of hydrogen-bond donors (Lipinski definition) is 2. The Morgan fingerprint density at radius 2 is 1.96 bits per heavy atom. The van der Waals surface area contributed by atoms with Crippen molar-refractivity contribution >= 4 is 61.2 Å². The smallest absolute Gasteiger partial charge is 0.338 e. The molecule has 0 aliphatic carbocycles. The van der Waals surface area contributed by atoms with E-state index in [1.54, 1.807) is 6.07 Å². The molecule has 1 heterocycles. The molecule has 8 heteroatoms. The van der Waals surface area contributed by atoms with Gasteiger partial charge in [-0.1, -0.05) is 11.8 Å². The van der Waals surface area contributed by atoms with Gasteiger partial charge in [0.2, 0.25) is 5.91 Å². The Labute approximate surface area is 154 Å². The van der Waals surface area contributed by atoms with Gasteiger partial charge in [0.15, 0.2) is 0 Å². The van der Waals surface area contributed by atoms with Gasteiger partial charge in [0, 0.05) is 15.1 Å². The van der Waals surface area contributed by atoms with Crippen molar-refractivity contribution in [2.45, 2.75) is 11.9 Å². The van der Waals surface area contributed by atoms with Crippen LogP contribution in [0.4, 0.5) is 5.69 Å². The number of thioether (sulfide) groups is 1. The lowest BCUT2D eigenvalue weighted by Gasteiger charge is -2.11. The molecule has 0 unspecified atom stereocenters. The normalized spacial score (nSPS) is 10.4. The molecule has 0 aliphatic rings. The molecule has 5 nitrogen and oxygen atoms in total. The van der Waals surface area contributed by atoms with Crippen molar-refractivity contribution in [3.05, 3.63) is 50.5 Å². The predicted octanol–water partition coefficient (Wildman–Crippen LogP) is 4.34. The minimum atomic E-state index is -1.06. The number of carboxylic acid groups (broad SMARTS) is 1. The lowest BCUT2D eigenvalue weighted by atomic mass is 10.2. The van der Waals surface area contributed by atoms with Crippen LogP contribution in [0.2, 0.25) is 0 Å². The maximum Gasteiger partial charge on any atom is 0.338 e. The molecule has 0 bridgehead atoms. The number of carboxylic acids is 1. The summed E-state index contributed by atoms with van der Waals surface area (Å²) in [6.45, 7) is 1.95. The number of anilines is 1. The number of nitrogens with one attached hydrogen (secondary N) is 1. The van der Waals surface area contributed by atoms with Gasteiger partial charge in [-0.15, -0.1) is 0 Å². The fourth-order valence-corrected chi connectivity index (χ4v) is 4.20. The maximum atomic E-state index is 12.1. The molecule has 1 aromatic heterocycles. The molecule has 0 fully saturated rings. The number of carbonyl (C=O) groups excluding carboxylic acids is 1. The topological polar surface area (TPSA) is 79.3 Å². The van der Waals surface area contributed by atoms with Crippen LogP contribution in [-0.4, -0.2) is 27.7 Å². The molecular weight excluding hydrogens is 448 g/mol. The summed E-state index contributed by atoms with van der Waals surface area (Å²) >= 11 is 7.91. The Kier molecular flexibility index (Phi) is 6.20. The Morgan fingerprint density at radius 3 is 2.57 bits per heavy atom. The van der Waals surface area contributed by atoms with Crippen LogP contribution in [0.15, 0.2) is 44.4 Å². The molecule has 0 spiro atoms. The van der Waals surface area contributed by atoms with Gasteiger partial charge in [-0.25, -0.2) is 9.78 Å². The van der Waals surface area contributed by atoms with Crippen molar-refractivity contribution in [1.29, 1.82) is 0 Å². The molecule has 2 aromatic rings. The fourth-order valence-electron chi connectivity index (χ4n) is 1.80. The monoisotopic (exact) mass is 458 g/mol. The van der Waals surface area contributed by atoms with E-state index in [9.17, 15) is 9.59 Å². The van der Waals surface area contributed by atoms with E-state index in [4.69, 9.17) is 5.11 Å². The molecule has 2 rings (SSSR count). The number of aromatic carboxylic acids is 1. The van der Waals surface area contributed by atoms with Gasteiger partial charge in [0.25, 0.3) is 0 Å². The number of amides is 1. The summed E-state index contributed by atoms with van der Waals surface area (Å²) in [5.74, 6) is -1.25. The number of aryl methyl sites for hydroxylation is 1. The first-order valence-electron chi connectivity index (χ1n) is 6.45. The van der Waals surface area contributed by atoms with Crippen molar-refractivity contribution in [2.75, 3.05) is 11.1 Å². The summed E-state index contributed by atoms with van der Waals surface area (Å²) in [6, 6.07) is 6.81. The average molecular weight is 460 g/mol. The van der Waals surface area contributed by atoms with Gasteiger partial charge in [-0.2, -0.15) is 0 Å². The zero-order valence-electron chi connectivity index (χ0n) is 12.0. The molecule has 2 N–H and O–H groups in total. The molecule has 0 atom stereocenters. The van der Waals surface area contributed by atoms with Crippen molar-refractivity contribution in [3.8, 4) is 0 Å². The van der Waals surface area contributed by atoms with Gasteiger partial charge in [-0.3, -0.25) is 4.79 Å². The first kappa shape index (κ1) is 18.0. The van der Waals surface area contributed by atoms with Crippen LogP contribution in [-0.2, 0) is 4.79 Å². The number of carbonyl (C=O) groups is 2. The molecule has 0 saturated heterocycles. The first-order chi connectivity index (χ1) is 10.9. The van der Waals surface area contributed by atoms with E-state index in [1.807, 2.05) is 19.1 Å². The van der Waals surface area contributed by atoms with E-state index < -0.39 is 5.97 Å². The number of halogens is 2. The molecular formula is C15H12Br2N2O3S. The van der Waals surface area contributed by atoms with Crippen LogP contribution >= 0.6 is 43.6 Å². The van der Waals surface area contributed by atoms with Crippen LogP contribution in [0.25, 0.3) is 0 Å². The first-order valence-corrected chi connectivity index (χ1v) is 9.02. The number of pyridine rings is 1. The fraction of sp³-hybridized carbons (Fsp3) is 0.133. The van der Waals surface area contributed by atoms with Crippen LogP contribution in [0.3, 0.4) is 0 Å². The molecule has 1 amide bonds. The maximum absolute atomic E-state index is 12.1. The van der Waals surface area contributed by atoms with E-state index in [0.29, 0.717) is 10.7 Å². The summed E-state index contributed by atoms with van der Waals surface area (Å²) in [6.07, 6.45) is 1.50. The van der Waals surface area contributed by atoms with Crippen LogP contribution in [0, 0.1) is 6.92 Å². The molecule has 1 aromatic carbocycles. The Morgan fingerprint density at radius 1 is 1.30 bits per heavy atom. The van der Waals surface area contributed by atoms with Gasteiger partial charge in [0.05, 0.1) is 17.0 Å². The molecule has 0 saturated carbocycles. The average Bonchev–Trinajstić information content (AvgIpc) is 2.49. The lowest BCUT2D eigenvalue weighted by Crippen LogP contribution is -2.15. The number of nitrogens with zero attached hydrogens (tertiary/aromatic N) is 1. The number of hydrogen-bond acceptors (Lipinski definition) is 4. The highest BCUT2D eigenvalue weighted by Gasteiger charge is 2.14. The Bertz CT molecular complexity index is 745. The van der Waals surface area contributed by atoms with Crippen LogP contribution in [0.1, 0.15) is 15.9 Å². The largest absolute Gasteiger partial charge is 0.478 e. The summed E-state index contributed by atoms with van der Waals surface area (Å²) < 4.78 is 1.54. The number of rotatable bonds is 5. The zero-order valence-corrected chi connectivity index (χ0v) is 16.0. The van der Waals surface area contributed by atoms with E-state index in [1.165, 1.54) is 12.3 Å². The summed E-state index contributed by atoms with van der Waals surface area (Å²) in [5, 5.41) is 12.2. The summed E-state index contributed by atoms with van der Waals surface area (Å²) in [7, 11) is 0. The quantitative estimate of drug-likeness (QED) is 0.650. The highest BCUT2D eigenvalue weighted by atomic mass is 79.9. The van der Waals surface area contributed by atoms with E-state index in [2.05, 4.69) is 42.2 Å². The van der Waals surface area contributed by atoms with Crippen molar-refractivity contribution in [3.63, 3.8) is 0 Å². The molecule has 0 aliphatic heterocycles. The molecule has 120 valence electrons. The van der Waals surface area contributed by atoms with E-state index in [-0.39, 0.29) is 17.2 Å². The third-order valence-corrected chi connectivity index (χ3v) is 5.05. The van der Waals surface area contributed by atoms with Gasteiger partial charge >= 0.3 is 5.97 Å². The van der Waals surface area contributed by atoms with Crippen molar-refractivity contribution in [1.82, 2.24) is 4.98 Å². The Hall–Kier alpha value is -1.38. The van der Waals surface area contributed by atoms with Gasteiger partial charge < -0.3 is 10.4 Å². The standard InChI is InChI=1S/C15H12Br2N2O3S/c1-8-5-10(16)13(11(17)6-8)19-12(20)7-23-14-9(15(21)22)3-2-4-18-14/h2-6H,7H2,1H3,(H,19,20)(H,21,22). The minimum absolute atomic E-state index is 0.0596. The Balaban J connectivity index is 2.06. The molecule has 0 radical (unpaired) electrons. The number of benzene rings is 1. The third kappa shape index (κ3) is 4.79. The predicted molar refractivity (Wildman–Crippen MR) is 97.1 cm³/mol. The second-order valence-corrected chi connectivity index (χ2v) is 7.27.